The van der Waals surface area contributed by atoms with Crippen LogP contribution in [0.5, 0.6) is 0 Å². The third-order valence-corrected chi connectivity index (χ3v) is 3.95. The van der Waals surface area contributed by atoms with Crippen LogP contribution in [0.2, 0.25) is 0 Å². The Bertz CT molecular complexity index is 389. The Morgan fingerprint density at radius 3 is 2.44 bits per heavy atom. The molecule has 0 N–H and O–H groups in total. The maximum atomic E-state index is 12.7. The van der Waals surface area contributed by atoms with E-state index in [9.17, 15) is 4.79 Å². The first-order valence-corrected chi connectivity index (χ1v) is 6.92. The number of hydrogen-bond acceptors (Lipinski definition) is 2. The standard InChI is InChI=1S/C16H22O2/c1-3-18-16(11-9-13(2)10-12-16)15(17)14-7-5-4-6-8-14/h4-8,13H,3,9-12H2,1-2H3. The van der Waals surface area contributed by atoms with Gasteiger partial charge < -0.3 is 4.74 Å². The molecule has 18 heavy (non-hydrogen) atoms. The summed E-state index contributed by atoms with van der Waals surface area (Å²) in [5.74, 6) is 0.874. The van der Waals surface area contributed by atoms with Crippen LogP contribution in [-0.2, 0) is 4.74 Å². The number of hydrogen-bond donors (Lipinski definition) is 0. The fourth-order valence-corrected chi connectivity index (χ4v) is 2.79. The Morgan fingerprint density at radius 1 is 1.28 bits per heavy atom. The van der Waals surface area contributed by atoms with Gasteiger partial charge in [0.25, 0.3) is 0 Å². The Morgan fingerprint density at radius 2 is 1.89 bits per heavy atom. The second-order valence-electron chi connectivity index (χ2n) is 5.30. The van der Waals surface area contributed by atoms with E-state index in [-0.39, 0.29) is 5.78 Å². The number of Topliss-reactive ketones (excluding diaryl/α,β-unsaturated/α-hetero) is 1. The molecule has 1 aliphatic rings. The Balaban J connectivity index is 2.22. The van der Waals surface area contributed by atoms with Gasteiger partial charge in [-0.2, -0.15) is 0 Å². The quantitative estimate of drug-likeness (QED) is 0.754. The Hall–Kier alpha value is -1.15. The number of carbonyl (C=O) groups is 1. The lowest BCUT2D eigenvalue weighted by Crippen LogP contribution is -2.44. The molecule has 0 amide bonds. The van der Waals surface area contributed by atoms with Crippen LogP contribution in [0.3, 0.4) is 0 Å². The highest BCUT2D eigenvalue weighted by molar-refractivity contribution is 6.02. The molecule has 0 radical (unpaired) electrons. The van der Waals surface area contributed by atoms with E-state index in [0.29, 0.717) is 12.5 Å². The van der Waals surface area contributed by atoms with Crippen LogP contribution in [0, 0.1) is 5.92 Å². The van der Waals surface area contributed by atoms with Crippen molar-refractivity contribution in [3.8, 4) is 0 Å². The van der Waals surface area contributed by atoms with Crippen LogP contribution in [0.1, 0.15) is 49.9 Å². The van der Waals surface area contributed by atoms with Gasteiger partial charge in [0.1, 0.15) is 5.60 Å². The van der Waals surface area contributed by atoms with Gasteiger partial charge in [-0.05, 0) is 38.5 Å². The molecular formula is C16H22O2. The van der Waals surface area contributed by atoms with Crippen LogP contribution in [0.4, 0.5) is 0 Å². The fraction of sp³-hybridized carbons (Fsp3) is 0.562. The zero-order valence-corrected chi connectivity index (χ0v) is 11.3. The lowest BCUT2D eigenvalue weighted by atomic mass is 9.75. The minimum Gasteiger partial charge on any atom is -0.367 e. The first-order chi connectivity index (χ1) is 8.68. The van der Waals surface area contributed by atoms with Gasteiger partial charge in [-0.1, -0.05) is 37.3 Å². The van der Waals surface area contributed by atoms with Crippen molar-refractivity contribution >= 4 is 5.78 Å². The number of ether oxygens (including phenoxy) is 1. The summed E-state index contributed by atoms with van der Waals surface area (Å²) in [4.78, 5) is 12.7. The molecule has 0 unspecified atom stereocenters. The molecule has 2 rings (SSSR count). The molecule has 0 aromatic heterocycles. The van der Waals surface area contributed by atoms with E-state index in [0.717, 1.165) is 31.2 Å². The van der Waals surface area contributed by atoms with Crippen molar-refractivity contribution in [2.75, 3.05) is 6.61 Å². The van der Waals surface area contributed by atoms with E-state index >= 15 is 0 Å². The molecule has 1 aromatic carbocycles. The minimum absolute atomic E-state index is 0.164. The number of carbonyl (C=O) groups excluding carboxylic acids is 1. The summed E-state index contributed by atoms with van der Waals surface area (Å²) in [6.45, 7) is 4.83. The van der Waals surface area contributed by atoms with Gasteiger partial charge in [-0.15, -0.1) is 0 Å². The smallest absolute Gasteiger partial charge is 0.194 e. The van der Waals surface area contributed by atoms with Gasteiger partial charge in [-0.25, -0.2) is 0 Å². The normalized spacial score (nSPS) is 28.0. The van der Waals surface area contributed by atoms with Crippen LogP contribution < -0.4 is 0 Å². The fourth-order valence-electron chi connectivity index (χ4n) is 2.79. The van der Waals surface area contributed by atoms with Crippen LogP contribution >= 0.6 is 0 Å². The minimum atomic E-state index is -0.567. The van der Waals surface area contributed by atoms with Crippen LogP contribution in [0.15, 0.2) is 30.3 Å². The van der Waals surface area contributed by atoms with Crippen molar-refractivity contribution in [1.29, 1.82) is 0 Å². The molecule has 1 aromatic rings. The third-order valence-electron chi connectivity index (χ3n) is 3.95. The molecule has 0 bridgehead atoms. The molecule has 0 heterocycles. The summed E-state index contributed by atoms with van der Waals surface area (Å²) in [5, 5.41) is 0. The zero-order chi connectivity index (χ0) is 13.0. The van der Waals surface area contributed by atoms with Crippen molar-refractivity contribution in [2.45, 2.75) is 45.1 Å². The average molecular weight is 246 g/mol. The van der Waals surface area contributed by atoms with Gasteiger partial charge >= 0.3 is 0 Å². The highest BCUT2D eigenvalue weighted by atomic mass is 16.5. The Labute approximate surface area is 109 Å². The molecule has 0 atom stereocenters. The van der Waals surface area contributed by atoms with Crippen LogP contribution in [0.25, 0.3) is 0 Å². The molecule has 0 saturated heterocycles. The number of ketones is 1. The molecule has 2 nitrogen and oxygen atoms in total. The topological polar surface area (TPSA) is 26.3 Å². The molecule has 1 saturated carbocycles. The summed E-state index contributed by atoms with van der Waals surface area (Å²) in [6.07, 6.45) is 3.88. The summed E-state index contributed by atoms with van der Waals surface area (Å²) < 4.78 is 5.89. The first-order valence-electron chi connectivity index (χ1n) is 6.92. The van der Waals surface area contributed by atoms with E-state index in [1.807, 2.05) is 37.3 Å². The van der Waals surface area contributed by atoms with E-state index in [1.165, 1.54) is 0 Å². The second kappa shape index (κ2) is 5.66. The summed E-state index contributed by atoms with van der Waals surface area (Å²) in [7, 11) is 0. The molecule has 0 aliphatic heterocycles. The largest absolute Gasteiger partial charge is 0.367 e. The lowest BCUT2D eigenvalue weighted by Gasteiger charge is -2.37. The molecule has 1 aliphatic carbocycles. The molecule has 98 valence electrons. The van der Waals surface area contributed by atoms with Crippen LogP contribution in [-0.4, -0.2) is 18.0 Å². The van der Waals surface area contributed by atoms with E-state index < -0.39 is 5.60 Å². The van der Waals surface area contributed by atoms with Gasteiger partial charge in [0.05, 0.1) is 0 Å². The van der Waals surface area contributed by atoms with E-state index in [1.54, 1.807) is 0 Å². The number of rotatable bonds is 4. The Kier molecular flexibility index (Phi) is 4.18. The second-order valence-corrected chi connectivity index (χ2v) is 5.30. The van der Waals surface area contributed by atoms with Crippen molar-refractivity contribution < 1.29 is 9.53 Å². The summed E-state index contributed by atoms with van der Waals surface area (Å²) >= 11 is 0. The highest BCUT2D eigenvalue weighted by Gasteiger charge is 2.41. The van der Waals surface area contributed by atoms with Crippen molar-refractivity contribution in [2.24, 2.45) is 5.92 Å². The maximum absolute atomic E-state index is 12.7. The SMILES string of the molecule is CCOC1(C(=O)c2ccccc2)CCC(C)CC1. The molecule has 0 spiro atoms. The predicted octanol–water partition coefficient (Wildman–Crippen LogP) is 3.85. The summed E-state index contributed by atoms with van der Waals surface area (Å²) in [5.41, 5.74) is 0.211. The molecular weight excluding hydrogens is 224 g/mol. The van der Waals surface area contributed by atoms with E-state index in [4.69, 9.17) is 4.74 Å². The highest BCUT2D eigenvalue weighted by Crippen LogP contribution is 2.37. The van der Waals surface area contributed by atoms with Crippen molar-refractivity contribution in [1.82, 2.24) is 0 Å². The zero-order valence-electron chi connectivity index (χ0n) is 11.3. The molecule has 2 heteroatoms. The maximum Gasteiger partial charge on any atom is 0.194 e. The van der Waals surface area contributed by atoms with Gasteiger partial charge in [0.2, 0.25) is 0 Å². The third kappa shape index (κ3) is 2.64. The lowest BCUT2D eigenvalue weighted by molar-refractivity contribution is -0.0474. The first kappa shape index (κ1) is 13.3. The van der Waals surface area contributed by atoms with Crippen molar-refractivity contribution in [3.63, 3.8) is 0 Å². The average Bonchev–Trinajstić information content (AvgIpc) is 2.42. The van der Waals surface area contributed by atoms with Crippen molar-refractivity contribution in [3.05, 3.63) is 35.9 Å². The van der Waals surface area contributed by atoms with Gasteiger partial charge in [-0.3, -0.25) is 4.79 Å². The van der Waals surface area contributed by atoms with E-state index in [2.05, 4.69) is 6.92 Å². The number of benzene rings is 1. The van der Waals surface area contributed by atoms with Gasteiger partial charge in [0.15, 0.2) is 5.78 Å². The predicted molar refractivity (Wildman–Crippen MR) is 72.8 cm³/mol. The summed E-state index contributed by atoms with van der Waals surface area (Å²) in [6, 6.07) is 9.55. The molecule has 1 fully saturated rings. The van der Waals surface area contributed by atoms with Gasteiger partial charge in [0, 0.05) is 12.2 Å². The monoisotopic (exact) mass is 246 g/mol.